The minimum atomic E-state index is 0.982. The van der Waals surface area contributed by atoms with Crippen LogP contribution in [0.5, 0.6) is 0 Å². The molecular weight excluding hydrogens is 214 g/mol. The Labute approximate surface area is 103 Å². The predicted octanol–water partition coefficient (Wildman–Crippen LogP) is 4.37. The molecule has 0 aliphatic carbocycles. The summed E-state index contributed by atoms with van der Waals surface area (Å²) >= 11 is 4.25. The Balaban J connectivity index is 0.000000606. The number of hydrogen-bond donors (Lipinski definition) is 1. The van der Waals surface area contributed by atoms with Crippen molar-refractivity contribution in [2.75, 3.05) is 0 Å². The lowest BCUT2D eigenvalue weighted by Crippen LogP contribution is -1.85. The van der Waals surface area contributed by atoms with E-state index in [9.17, 15) is 0 Å². The van der Waals surface area contributed by atoms with Gasteiger partial charge in [0.1, 0.15) is 0 Å². The van der Waals surface area contributed by atoms with Crippen molar-refractivity contribution < 1.29 is 0 Å². The summed E-state index contributed by atoms with van der Waals surface area (Å²) in [5, 5.41) is 0. The number of hydrogen-bond acceptors (Lipinski definition) is 2. The lowest BCUT2D eigenvalue weighted by molar-refractivity contribution is 1.20. The molecule has 1 aromatic carbocycles. The average molecular weight is 231 g/mol. The van der Waals surface area contributed by atoms with Crippen molar-refractivity contribution in [3.8, 4) is 11.1 Å². The maximum Gasteiger partial charge on any atom is 0.0450 e. The van der Waals surface area contributed by atoms with Crippen LogP contribution in [0.3, 0.4) is 0 Å². The zero-order valence-electron chi connectivity index (χ0n) is 9.94. The van der Waals surface area contributed by atoms with Crippen LogP contribution in [0.25, 0.3) is 11.1 Å². The molecule has 0 N–H and O–H groups in total. The van der Waals surface area contributed by atoms with Gasteiger partial charge in [0.2, 0.25) is 0 Å². The van der Waals surface area contributed by atoms with Crippen LogP contribution in [0.4, 0.5) is 0 Å². The number of pyridine rings is 1. The smallest absolute Gasteiger partial charge is 0.0450 e. The second-order valence-electron chi connectivity index (χ2n) is 3.18. The Bertz CT molecular complexity index is 435. The van der Waals surface area contributed by atoms with Crippen LogP contribution in [-0.2, 0) is 0 Å². The van der Waals surface area contributed by atoms with Gasteiger partial charge in [0.25, 0.3) is 0 Å². The SMILES string of the molecule is CC.Cc1ncccc1-c1ccc(S)cc1. The molecule has 0 unspecified atom stereocenters. The third-order valence-corrected chi connectivity index (χ3v) is 2.48. The van der Waals surface area contributed by atoms with Crippen molar-refractivity contribution in [2.24, 2.45) is 0 Å². The highest BCUT2D eigenvalue weighted by atomic mass is 32.1. The summed E-state index contributed by atoms with van der Waals surface area (Å²) < 4.78 is 0. The molecule has 0 aliphatic rings. The third-order valence-electron chi connectivity index (χ3n) is 2.19. The number of benzene rings is 1. The van der Waals surface area contributed by atoms with Gasteiger partial charge in [0.15, 0.2) is 0 Å². The summed E-state index contributed by atoms with van der Waals surface area (Å²) in [4.78, 5) is 5.24. The molecule has 1 nitrogen and oxygen atoms in total. The van der Waals surface area contributed by atoms with Crippen molar-refractivity contribution in [3.05, 3.63) is 48.3 Å². The van der Waals surface area contributed by atoms with E-state index in [1.165, 1.54) is 11.1 Å². The predicted molar refractivity (Wildman–Crippen MR) is 73.0 cm³/mol. The summed E-state index contributed by atoms with van der Waals surface area (Å²) in [5.74, 6) is 0. The van der Waals surface area contributed by atoms with Gasteiger partial charge in [0, 0.05) is 22.3 Å². The van der Waals surface area contributed by atoms with Crippen molar-refractivity contribution in [3.63, 3.8) is 0 Å². The highest BCUT2D eigenvalue weighted by molar-refractivity contribution is 7.80. The first-order valence-electron chi connectivity index (χ1n) is 5.48. The second kappa shape index (κ2) is 6.33. The molecular formula is C14H17NS. The lowest BCUT2D eigenvalue weighted by Gasteiger charge is -2.04. The largest absolute Gasteiger partial charge is 0.261 e. The highest BCUT2D eigenvalue weighted by Gasteiger charge is 2.00. The van der Waals surface area contributed by atoms with Gasteiger partial charge in [-0.25, -0.2) is 0 Å². The van der Waals surface area contributed by atoms with Crippen LogP contribution < -0.4 is 0 Å². The average Bonchev–Trinajstić information content (AvgIpc) is 2.34. The summed E-state index contributed by atoms with van der Waals surface area (Å²) in [7, 11) is 0. The van der Waals surface area contributed by atoms with Crippen LogP contribution in [0.1, 0.15) is 19.5 Å². The van der Waals surface area contributed by atoms with E-state index in [2.05, 4.69) is 35.8 Å². The van der Waals surface area contributed by atoms with Crippen LogP contribution in [0.15, 0.2) is 47.5 Å². The van der Waals surface area contributed by atoms with Crippen molar-refractivity contribution in [1.29, 1.82) is 0 Å². The summed E-state index contributed by atoms with van der Waals surface area (Å²) in [6, 6.07) is 12.1. The molecule has 0 radical (unpaired) electrons. The van der Waals surface area contributed by atoms with E-state index in [0.29, 0.717) is 0 Å². The fourth-order valence-electron chi connectivity index (χ4n) is 1.43. The fraction of sp³-hybridized carbons (Fsp3) is 0.214. The monoisotopic (exact) mass is 231 g/mol. The van der Waals surface area contributed by atoms with Gasteiger partial charge in [-0.05, 0) is 30.7 Å². The molecule has 1 aromatic heterocycles. The van der Waals surface area contributed by atoms with Crippen molar-refractivity contribution in [1.82, 2.24) is 4.98 Å². The number of nitrogens with zero attached hydrogens (tertiary/aromatic N) is 1. The Hall–Kier alpha value is -1.28. The van der Waals surface area contributed by atoms with E-state index in [1.807, 2.05) is 45.2 Å². The molecule has 0 saturated heterocycles. The number of aromatic nitrogens is 1. The summed E-state index contributed by atoms with van der Waals surface area (Å²) in [6.07, 6.45) is 1.81. The Morgan fingerprint density at radius 2 is 1.62 bits per heavy atom. The second-order valence-corrected chi connectivity index (χ2v) is 3.70. The molecule has 0 amide bonds. The number of aryl methyl sites for hydroxylation is 1. The van der Waals surface area contributed by atoms with Gasteiger partial charge in [-0.2, -0.15) is 0 Å². The first-order chi connectivity index (χ1) is 7.77. The third kappa shape index (κ3) is 3.11. The topological polar surface area (TPSA) is 12.9 Å². The van der Waals surface area contributed by atoms with Crippen molar-refractivity contribution >= 4 is 12.6 Å². The fourth-order valence-corrected chi connectivity index (χ4v) is 1.58. The standard InChI is InChI=1S/C12H11NS.C2H6/c1-9-12(3-2-8-13-9)10-4-6-11(14)7-5-10;1-2/h2-8,14H,1H3;1-2H3. The Kier molecular flexibility index (Phi) is 5.06. The van der Waals surface area contributed by atoms with Gasteiger partial charge in [-0.15, -0.1) is 12.6 Å². The minimum absolute atomic E-state index is 0.982. The van der Waals surface area contributed by atoms with Crippen LogP contribution in [0.2, 0.25) is 0 Å². The molecule has 0 bridgehead atoms. The molecule has 84 valence electrons. The molecule has 0 fully saturated rings. The van der Waals surface area contributed by atoms with E-state index in [1.54, 1.807) is 0 Å². The van der Waals surface area contributed by atoms with Crippen LogP contribution >= 0.6 is 12.6 Å². The number of rotatable bonds is 1. The van der Waals surface area contributed by atoms with E-state index < -0.39 is 0 Å². The van der Waals surface area contributed by atoms with E-state index in [0.717, 1.165) is 10.6 Å². The van der Waals surface area contributed by atoms with Crippen LogP contribution in [-0.4, -0.2) is 4.98 Å². The molecule has 0 aliphatic heterocycles. The molecule has 0 saturated carbocycles. The van der Waals surface area contributed by atoms with Crippen LogP contribution in [0, 0.1) is 6.92 Å². The van der Waals surface area contributed by atoms with Gasteiger partial charge in [-0.1, -0.05) is 32.0 Å². The lowest BCUT2D eigenvalue weighted by atomic mass is 10.1. The van der Waals surface area contributed by atoms with E-state index in [-0.39, 0.29) is 0 Å². The quantitative estimate of drug-likeness (QED) is 0.719. The maximum atomic E-state index is 4.26. The first kappa shape index (κ1) is 12.8. The first-order valence-corrected chi connectivity index (χ1v) is 5.93. The zero-order chi connectivity index (χ0) is 12.0. The van der Waals surface area contributed by atoms with Gasteiger partial charge in [-0.3, -0.25) is 4.98 Å². The van der Waals surface area contributed by atoms with Gasteiger partial charge >= 0.3 is 0 Å². The maximum absolute atomic E-state index is 4.26. The molecule has 2 aromatic rings. The highest BCUT2D eigenvalue weighted by Crippen LogP contribution is 2.22. The normalized spacial score (nSPS) is 9.25. The van der Waals surface area contributed by atoms with E-state index in [4.69, 9.17) is 0 Å². The van der Waals surface area contributed by atoms with Gasteiger partial charge in [0.05, 0.1) is 0 Å². The molecule has 0 spiro atoms. The van der Waals surface area contributed by atoms with E-state index >= 15 is 0 Å². The Morgan fingerprint density at radius 1 is 1.00 bits per heavy atom. The summed E-state index contributed by atoms with van der Waals surface area (Å²) in [5.41, 5.74) is 3.42. The molecule has 0 atom stereocenters. The molecule has 16 heavy (non-hydrogen) atoms. The summed E-state index contributed by atoms with van der Waals surface area (Å²) in [6.45, 7) is 6.02. The Morgan fingerprint density at radius 3 is 2.19 bits per heavy atom. The molecule has 1 heterocycles. The van der Waals surface area contributed by atoms with Crippen molar-refractivity contribution in [2.45, 2.75) is 25.7 Å². The molecule has 2 rings (SSSR count). The minimum Gasteiger partial charge on any atom is -0.261 e. The van der Waals surface area contributed by atoms with Gasteiger partial charge < -0.3 is 0 Å². The molecule has 2 heteroatoms. The zero-order valence-corrected chi connectivity index (χ0v) is 10.8. The number of thiol groups is 1.